The smallest absolute Gasteiger partial charge is 0.295 e. The van der Waals surface area contributed by atoms with Crippen molar-refractivity contribution in [3.05, 3.63) is 62.5 Å². The van der Waals surface area contributed by atoms with Crippen molar-refractivity contribution >= 4 is 34.2 Å². The number of nitrogens with one attached hydrogen (secondary N) is 1. The fourth-order valence-electron chi connectivity index (χ4n) is 1.59. The molecule has 1 N–H and O–H groups in total. The number of amides is 1. The predicted octanol–water partition coefficient (Wildman–Crippen LogP) is 2.62. The van der Waals surface area contributed by atoms with Gasteiger partial charge in [0.25, 0.3) is 5.91 Å². The molecular formula is C14H11N3O4S. The summed E-state index contributed by atoms with van der Waals surface area (Å²) in [6.07, 6.45) is 1.33. The molecule has 1 aromatic carbocycles. The molecule has 22 heavy (non-hydrogen) atoms. The van der Waals surface area contributed by atoms with E-state index in [0.29, 0.717) is 16.0 Å². The summed E-state index contributed by atoms with van der Waals surface area (Å²) in [5.41, 5.74) is 3.20. The number of carbonyl (C=O) groups excluding carboxylic acids is 2. The van der Waals surface area contributed by atoms with Gasteiger partial charge in [-0.15, -0.1) is 0 Å². The third-order valence-corrected chi connectivity index (χ3v) is 3.68. The van der Waals surface area contributed by atoms with Gasteiger partial charge in [-0.05, 0) is 25.1 Å². The highest BCUT2D eigenvalue weighted by Gasteiger charge is 2.08. The van der Waals surface area contributed by atoms with Crippen LogP contribution in [0.15, 0.2) is 41.5 Å². The van der Waals surface area contributed by atoms with Crippen molar-refractivity contribution in [1.29, 1.82) is 0 Å². The van der Waals surface area contributed by atoms with Gasteiger partial charge in [-0.2, -0.15) is 5.10 Å². The minimum Gasteiger partial charge on any atom is -0.295 e. The van der Waals surface area contributed by atoms with E-state index in [1.165, 1.54) is 31.3 Å². The van der Waals surface area contributed by atoms with Gasteiger partial charge in [0.05, 0.1) is 16.0 Å². The second kappa shape index (κ2) is 6.72. The maximum absolute atomic E-state index is 11.8. The number of nitrogens with zero attached hydrogens (tertiary/aromatic N) is 2. The topological polar surface area (TPSA) is 102 Å². The summed E-state index contributed by atoms with van der Waals surface area (Å²) < 4.78 is 0. The van der Waals surface area contributed by atoms with Crippen molar-refractivity contribution in [2.75, 3.05) is 0 Å². The van der Waals surface area contributed by atoms with Gasteiger partial charge in [-0.25, -0.2) is 5.43 Å². The molecule has 1 heterocycles. The highest BCUT2D eigenvalue weighted by molar-refractivity contribution is 7.16. The molecule has 0 bridgehead atoms. The van der Waals surface area contributed by atoms with E-state index in [1.807, 2.05) is 0 Å². The molecule has 0 saturated heterocycles. The summed E-state index contributed by atoms with van der Waals surface area (Å²) in [6.45, 7) is 1.44. The van der Waals surface area contributed by atoms with Crippen LogP contribution >= 0.6 is 11.3 Å². The third kappa shape index (κ3) is 3.83. The molecule has 1 amide bonds. The Labute approximate surface area is 129 Å². The SMILES string of the molecule is CC(=O)c1ccc(C(=O)N/N=C/c2ccc([N+](=O)[O-])s2)cc1. The van der Waals surface area contributed by atoms with Crippen LogP contribution in [0.25, 0.3) is 0 Å². The molecule has 0 atom stereocenters. The zero-order chi connectivity index (χ0) is 16.1. The van der Waals surface area contributed by atoms with Crippen molar-refractivity contribution in [3.63, 3.8) is 0 Å². The number of hydrogen-bond acceptors (Lipinski definition) is 6. The third-order valence-electron chi connectivity index (χ3n) is 2.70. The Kier molecular flexibility index (Phi) is 4.74. The van der Waals surface area contributed by atoms with E-state index >= 15 is 0 Å². The molecule has 2 rings (SSSR count). The average molecular weight is 317 g/mol. The highest BCUT2D eigenvalue weighted by Crippen LogP contribution is 2.22. The first-order valence-corrected chi connectivity index (χ1v) is 6.97. The van der Waals surface area contributed by atoms with Crippen LogP contribution in [-0.4, -0.2) is 22.8 Å². The lowest BCUT2D eigenvalue weighted by Gasteiger charge is -2.00. The van der Waals surface area contributed by atoms with Crippen LogP contribution in [0.1, 0.15) is 32.5 Å². The van der Waals surface area contributed by atoms with Gasteiger partial charge in [-0.3, -0.25) is 19.7 Å². The summed E-state index contributed by atoms with van der Waals surface area (Å²) in [5.74, 6) is -0.512. The lowest BCUT2D eigenvalue weighted by Crippen LogP contribution is -2.17. The van der Waals surface area contributed by atoms with E-state index in [0.717, 1.165) is 11.3 Å². The van der Waals surface area contributed by atoms with Crippen molar-refractivity contribution in [2.24, 2.45) is 5.10 Å². The van der Waals surface area contributed by atoms with Gasteiger partial charge in [0.1, 0.15) is 0 Å². The molecule has 0 radical (unpaired) electrons. The van der Waals surface area contributed by atoms with E-state index in [9.17, 15) is 19.7 Å². The summed E-state index contributed by atoms with van der Waals surface area (Å²) >= 11 is 0.956. The number of hydrogen-bond donors (Lipinski definition) is 1. The Hall–Kier alpha value is -2.87. The maximum Gasteiger partial charge on any atom is 0.324 e. The summed E-state index contributed by atoms with van der Waals surface area (Å²) in [5, 5.41) is 14.3. The van der Waals surface area contributed by atoms with Crippen molar-refractivity contribution in [1.82, 2.24) is 5.43 Å². The number of ketones is 1. The summed E-state index contributed by atoms with van der Waals surface area (Å²) in [6, 6.07) is 9.08. The largest absolute Gasteiger partial charge is 0.324 e. The number of carbonyl (C=O) groups is 2. The zero-order valence-electron chi connectivity index (χ0n) is 11.5. The fraction of sp³-hybridized carbons (Fsp3) is 0.0714. The molecule has 8 heteroatoms. The molecule has 0 saturated carbocycles. The van der Waals surface area contributed by atoms with Gasteiger partial charge < -0.3 is 0 Å². The quantitative estimate of drug-likeness (QED) is 0.396. The van der Waals surface area contributed by atoms with Crippen molar-refractivity contribution in [3.8, 4) is 0 Å². The van der Waals surface area contributed by atoms with Gasteiger partial charge >= 0.3 is 5.00 Å². The molecule has 0 aliphatic carbocycles. The Morgan fingerprint density at radius 2 is 1.82 bits per heavy atom. The van der Waals surface area contributed by atoms with Crippen LogP contribution in [-0.2, 0) is 0 Å². The molecule has 112 valence electrons. The number of Topliss-reactive ketones (excluding diaryl/α,β-unsaturated/α-hetero) is 1. The summed E-state index contributed by atoms with van der Waals surface area (Å²) in [4.78, 5) is 33.5. The van der Waals surface area contributed by atoms with Crippen LogP contribution < -0.4 is 5.43 Å². The first-order chi connectivity index (χ1) is 10.5. The van der Waals surface area contributed by atoms with Crippen molar-refractivity contribution < 1.29 is 14.5 Å². The first-order valence-electron chi connectivity index (χ1n) is 6.16. The molecule has 0 aliphatic heterocycles. The highest BCUT2D eigenvalue weighted by atomic mass is 32.1. The minimum atomic E-state index is -0.489. The van der Waals surface area contributed by atoms with E-state index in [4.69, 9.17) is 0 Å². The number of thiophene rings is 1. The van der Waals surface area contributed by atoms with Crippen LogP contribution in [0.2, 0.25) is 0 Å². The lowest BCUT2D eigenvalue weighted by molar-refractivity contribution is -0.380. The second-order valence-corrected chi connectivity index (χ2v) is 5.36. The van der Waals surface area contributed by atoms with Crippen molar-refractivity contribution in [2.45, 2.75) is 6.92 Å². The molecule has 0 unspecified atom stereocenters. The van der Waals surface area contributed by atoms with E-state index in [2.05, 4.69) is 10.5 Å². The van der Waals surface area contributed by atoms with Gasteiger partial charge in [0, 0.05) is 17.2 Å². The Morgan fingerprint density at radius 1 is 1.18 bits per heavy atom. The lowest BCUT2D eigenvalue weighted by atomic mass is 10.1. The van der Waals surface area contributed by atoms with E-state index in [1.54, 1.807) is 18.2 Å². The zero-order valence-corrected chi connectivity index (χ0v) is 12.3. The van der Waals surface area contributed by atoms with Gasteiger partial charge in [0.15, 0.2) is 5.78 Å². The predicted molar refractivity (Wildman–Crippen MR) is 82.5 cm³/mol. The molecule has 1 aromatic heterocycles. The van der Waals surface area contributed by atoms with Gasteiger partial charge in [-0.1, -0.05) is 23.5 Å². The normalized spacial score (nSPS) is 10.6. The number of nitro groups is 1. The monoisotopic (exact) mass is 317 g/mol. The van der Waals surface area contributed by atoms with E-state index in [-0.39, 0.29) is 10.8 Å². The van der Waals surface area contributed by atoms with Crippen LogP contribution in [0.3, 0.4) is 0 Å². The molecule has 0 aliphatic rings. The average Bonchev–Trinajstić information content (AvgIpc) is 2.96. The number of hydrazone groups is 1. The fourth-order valence-corrected chi connectivity index (χ4v) is 2.28. The Morgan fingerprint density at radius 3 is 2.36 bits per heavy atom. The molecule has 2 aromatic rings. The van der Waals surface area contributed by atoms with Crippen LogP contribution in [0.4, 0.5) is 5.00 Å². The number of rotatable bonds is 5. The maximum atomic E-state index is 11.8. The second-order valence-electron chi connectivity index (χ2n) is 4.27. The van der Waals surface area contributed by atoms with Crippen LogP contribution in [0.5, 0.6) is 0 Å². The Bertz CT molecular complexity index is 750. The molecule has 7 nitrogen and oxygen atoms in total. The van der Waals surface area contributed by atoms with E-state index < -0.39 is 10.8 Å². The minimum absolute atomic E-state index is 0.00704. The van der Waals surface area contributed by atoms with Gasteiger partial charge in [0.2, 0.25) is 0 Å². The molecular weight excluding hydrogens is 306 g/mol. The Balaban J connectivity index is 1.98. The van der Waals surface area contributed by atoms with Crippen LogP contribution in [0, 0.1) is 10.1 Å². The molecule has 0 spiro atoms. The molecule has 0 fully saturated rings. The number of benzene rings is 1. The first kappa shape index (κ1) is 15.5. The standard InChI is InChI=1S/C14H11N3O4S/c1-9(18)10-2-4-11(5-3-10)14(19)16-15-8-12-6-7-13(22-12)17(20)21/h2-8H,1H3,(H,16,19)/b15-8+. The summed E-state index contributed by atoms with van der Waals surface area (Å²) in [7, 11) is 0.